The van der Waals surface area contributed by atoms with Gasteiger partial charge in [-0.05, 0) is 226 Å². The highest BCUT2D eigenvalue weighted by atomic mass is 16.5. The maximum atomic E-state index is 7.81. The van der Waals surface area contributed by atoms with E-state index >= 15 is 0 Å². The Balaban J connectivity index is 0.589. The van der Waals surface area contributed by atoms with Crippen molar-refractivity contribution in [3.05, 3.63) is 516 Å². The van der Waals surface area contributed by atoms with Crippen LogP contribution < -0.4 is 9.47 Å². The summed E-state index contributed by atoms with van der Waals surface area (Å²) < 4.78 is 19.7. The van der Waals surface area contributed by atoms with Gasteiger partial charge in [0.15, 0.2) is 34.9 Å². The number of aromatic nitrogens is 8. The minimum Gasteiger partial charge on any atom is -0.457 e. The number of ether oxygens (including phenoxy) is 2. The minimum absolute atomic E-state index is 0.188. The molecule has 144 heavy (non-hydrogen) atoms. The molecule has 6 aliphatic rings. The molecule has 0 radical (unpaired) electrons. The number of hydrogen-bond acceptors (Lipinski definition) is 8. The van der Waals surface area contributed by atoms with Crippen LogP contribution in [0.2, 0.25) is 0 Å². The summed E-state index contributed by atoms with van der Waals surface area (Å²) in [4.78, 5) is 32.2. The first kappa shape index (κ1) is 81.6. The van der Waals surface area contributed by atoms with Gasteiger partial charge in [0.2, 0.25) is 0 Å². The van der Waals surface area contributed by atoms with Crippen molar-refractivity contribution < 1.29 is 9.47 Å². The molecule has 1 atom stereocenters. The minimum atomic E-state index is -0.947. The van der Waals surface area contributed by atoms with Crippen molar-refractivity contribution in [3.63, 3.8) is 0 Å². The molecule has 0 saturated heterocycles. The highest BCUT2D eigenvalue weighted by molar-refractivity contribution is 6.15. The molecule has 0 bridgehead atoms. The molecule has 6 heterocycles. The van der Waals surface area contributed by atoms with E-state index in [2.05, 4.69) is 437 Å². The zero-order chi connectivity index (χ0) is 95.2. The second-order valence-corrected chi connectivity index (χ2v) is 40.1. The predicted molar refractivity (Wildman–Crippen MR) is 581 cm³/mol. The summed E-state index contributed by atoms with van der Waals surface area (Å²) in [6.07, 6.45) is 0. The van der Waals surface area contributed by atoms with E-state index in [1.807, 2.05) is 48.5 Å². The topological polar surface area (TPSA) is 106 Å². The van der Waals surface area contributed by atoms with Crippen LogP contribution in [0.4, 0.5) is 0 Å². The molecule has 0 saturated carbocycles. The van der Waals surface area contributed by atoms with Crippen LogP contribution in [0.3, 0.4) is 0 Å². The molecule has 0 N–H and O–H groups in total. The van der Waals surface area contributed by atoms with Crippen LogP contribution in [0.5, 0.6) is 23.0 Å². The van der Waals surface area contributed by atoms with E-state index in [4.69, 9.17) is 39.4 Å². The lowest BCUT2D eigenvalue weighted by atomic mass is 9.65. The Morgan fingerprint density at radius 1 is 0.188 bits per heavy atom. The molecule has 2 spiro atoms. The Labute approximate surface area is 832 Å². The smallest absolute Gasteiger partial charge is 0.164 e. The predicted octanol–water partition coefficient (Wildman–Crippen LogP) is 32.8. The zero-order valence-electron chi connectivity index (χ0n) is 79.1. The lowest BCUT2D eigenvalue weighted by Gasteiger charge is -2.40. The van der Waals surface area contributed by atoms with Gasteiger partial charge in [0.25, 0.3) is 0 Å². The van der Waals surface area contributed by atoms with Crippen molar-refractivity contribution >= 4 is 43.6 Å². The molecule has 30 rings (SSSR count). The van der Waals surface area contributed by atoms with E-state index in [0.717, 1.165) is 184 Å². The fourth-order valence-corrected chi connectivity index (χ4v) is 25.6. The number of para-hydroxylation sites is 6. The van der Waals surface area contributed by atoms with Crippen molar-refractivity contribution in [2.75, 3.05) is 0 Å². The van der Waals surface area contributed by atoms with Gasteiger partial charge in [-0.1, -0.05) is 367 Å². The summed E-state index contributed by atoms with van der Waals surface area (Å²) in [6.45, 7) is 9.61. The van der Waals surface area contributed by atoms with Gasteiger partial charge >= 0.3 is 0 Å². The highest BCUT2D eigenvalue weighted by Crippen LogP contribution is 2.68. The molecule has 674 valence electrons. The number of benzene rings is 20. The summed E-state index contributed by atoms with van der Waals surface area (Å²) in [5.74, 6) is 6.82. The third-order valence-electron chi connectivity index (χ3n) is 31.9. The number of nitrogens with zero attached hydrogens (tertiary/aromatic N) is 8. The Kier molecular flexibility index (Phi) is 17.3. The van der Waals surface area contributed by atoms with Crippen molar-refractivity contribution in [2.45, 2.75) is 49.4 Å². The molecular formula is C134H86N8O2. The fourth-order valence-electron chi connectivity index (χ4n) is 25.6. The molecule has 2 aliphatic heterocycles. The molecule has 0 amide bonds. The van der Waals surface area contributed by atoms with Gasteiger partial charge in [0.05, 0.1) is 32.9 Å². The molecule has 4 aliphatic carbocycles. The molecule has 0 fully saturated rings. The van der Waals surface area contributed by atoms with Crippen molar-refractivity contribution in [1.82, 2.24) is 39.0 Å². The third-order valence-corrected chi connectivity index (χ3v) is 31.9. The highest BCUT2D eigenvalue weighted by Gasteiger charge is 2.55. The monoisotopic (exact) mass is 1840 g/mol. The SMILES string of the molecule is CC1(C)c2ccccc2-c2cc3c4cc(-c5ccc6c(c5)-c5c(-c7nc(-c8ccccc8)nc(-c8ccccc8)n7)cccc5C65c6ccccc6Oc6c(-c7cccc8c7C(C)(C)c7cc9c(cc7-8)c7cc(-c8ccc%10c(c8)-c8ccc(-c%11nc(-c%12ccccc%12)nc(-c%12ccccc%12)n%11)cc8C%108c%10ccccc%10Oc%10ccccc%108)ccc7n9-c7ccccc7)cccc65)ccc4n(-c4ccccc4)c3cc21. The van der Waals surface area contributed by atoms with E-state index < -0.39 is 16.2 Å². The summed E-state index contributed by atoms with van der Waals surface area (Å²) in [7, 11) is 0. The number of fused-ring (bicyclic) bond motifs is 30. The maximum absolute atomic E-state index is 7.81. The van der Waals surface area contributed by atoms with Crippen LogP contribution in [0.1, 0.15) is 94.5 Å². The summed E-state index contributed by atoms with van der Waals surface area (Å²) >= 11 is 0. The third kappa shape index (κ3) is 11.6. The number of rotatable bonds is 11. The lowest BCUT2D eigenvalue weighted by Crippen LogP contribution is -2.32. The van der Waals surface area contributed by atoms with E-state index in [-0.39, 0.29) is 5.41 Å². The normalized spacial score (nSPS) is 14.8. The molecule has 20 aromatic carbocycles. The van der Waals surface area contributed by atoms with E-state index in [9.17, 15) is 0 Å². The summed E-state index contributed by atoms with van der Waals surface area (Å²) in [5.41, 5.74) is 39.7. The fraction of sp³-hybridized carbons (Fsp3) is 0.0597. The van der Waals surface area contributed by atoms with Gasteiger partial charge in [-0.2, -0.15) is 0 Å². The van der Waals surface area contributed by atoms with Crippen LogP contribution in [0.25, 0.3) is 201 Å². The van der Waals surface area contributed by atoms with Crippen molar-refractivity contribution in [1.29, 1.82) is 0 Å². The first-order chi connectivity index (χ1) is 70.9. The van der Waals surface area contributed by atoms with Gasteiger partial charge in [-0.15, -0.1) is 0 Å². The van der Waals surface area contributed by atoms with Crippen LogP contribution in [0, 0.1) is 0 Å². The second kappa shape index (κ2) is 30.6. The molecule has 24 aromatic rings. The van der Waals surface area contributed by atoms with Crippen LogP contribution in [-0.2, 0) is 21.7 Å². The van der Waals surface area contributed by atoms with Gasteiger partial charge in [0, 0.05) is 105 Å². The Hall–Kier alpha value is -18.4. The average molecular weight is 1840 g/mol. The first-order valence-corrected chi connectivity index (χ1v) is 49.6. The van der Waals surface area contributed by atoms with Gasteiger partial charge in [-0.3, -0.25) is 0 Å². The van der Waals surface area contributed by atoms with Crippen LogP contribution in [-0.4, -0.2) is 39.0 Å². The Bertz CT molecular complexity index is 9480. The zero-order valence-corrected chi connectivity index (χ0v) is 79.1. The van der Waals surface area contributed by atoms with Gasteiger partial charge in [-0.25, -0.2) is 29.9 Å². The van der Waals surface area contributed by atoms with Crippen LogP contribution >= 0.6 is 0 Å². The lowest BCUT2D eigenvalue weighted by molar-refractivity contribution is 0.436. The first-order valence-electron chi connectivity index (χ1n) is 49.6. The Morgan fingerprint density at radius 2 is 0.535 bits per heavy atom. The quantitative estimate of drug-likeness (QED) is 0.126. The van der Waals surface area contributed by atoms with Gasteiger partial charge in [0.1, 0.15) is 23.0 Å². The van der Waals surface area contributed by atoms with E-state index in [1.54, 1.807) is 0 Å². The van der Waals surface area contributed by atoms with E-state index in [1.165, 1.54) is 71.7 Å². The standard InChI is InChI=1S/C134H86N8O2/c1-131(2)104-51-24-23-46-90(104)97-75-101-99-72-86(64-69-115(99)141(117(101)77-112(97)131)88-42-19-9-20-43-88)84-62-67-106-103(73-84)122-95(130-139-127(81-38-15-7-16-39-81)136-128(140-130)82-40-17-8-18-41-82)50-33-55-110(122)134(106)109-54-27-30-59-121(109)144-124-94(49-32-56-111(124)134)92-47-31-48-93-98-76-102-100-71-85(63-68-116(100)142(89-44-21-10-22-45-89)118(102)78-113(98)132(3,4)123(92)93)83-61-66-105-96(70-83)91-65-60-87(74-114(91)133(105)107-52-25-28-57-119(107)143-120-58-29-26-53-108(120)133)129-137-125(79-34-11-5-12-35-79)135-126(138-129)80-36-13-6-14-37-80/h5-78H,1-4H3. The van der Waals surface area contributed by atoms with Gasteiger partial charge < -0.3 is 18.6 Å². The van der Waals surface area contributed by atoms with E-state index in [0.29, 0.717) is 34.9 Å². The largest absolute Gasteiger partial charge is 0.457 e. The Morgan fingerprint density at radius 3 is 1.06 bits per heavy atom. The molecule has 1 unspecified atom stereocenters. The van der Waals surface area contributed by atoms with Crippen LogP contribution in [0.15, 0.2) is 449 Å². The molecule has 10 heteroatoms. The maximum Gasteiger partial charge on any atom is 0.164 e. The summed E-state index contributed by atoms with van der Waals surface area (Å²) in [6, 6.07) is 164. The molecular weight excluding hydrogens is 1750 g/mol. The summed E-state index contributed by atoms with van der Waals surface area (Å²) in [5, 5.41) is 4.72. The van der Waals surface area contributed by atoms with Crippen molar-refractivity contribution in [3.8, 4) is 181 Å². The molecule has 4 aromatic heterocycles. The number of hydrogen-bond donors (Lipinski definition) is 0. The molecule has 10 nitrogen and oxygen atoms in total. The van der Waals surface area contributed by atoms with Crippen molar-refractivity contribution in [2.24, 2.45) is 0 Å². The average Bonchev–Trinajstić information content (AvgIpc) is 1.49. The second-order valence-electron chi connectivity index (χ2n) is 40.1.